The monoisotopic (exact) mass is 362 g/mol. The Bertz CT molecular complexity index is 943. The minimum absolute atomic E-state index is 0.170. The predicted molar refractivity (Wildman–Crippen MR) is 105 cm³/mol. The molecule has 6 heteroatoms. The fourth-order valence-corrected chi connectivity index (χ4v) is 2.82. The number of nitrogens with zero attached hydrogens (tertiary/aromatic N) is 3. The van der Waals surface area contributed by atoms with E-state index in [0.717, 1.165) is 18.5 Å². The lowest BCUT2D eigenvalue weighted by Crippen LogP contribution is -2.15. The summed E-state index contributed by atoms with van der Waals surface area (Å²) in [5.41, 5.74) is 8.45. The SMILES string of the molecule is CN(C)CCCOc1ccccc1-c1cc(-c2ccco2)nc(N)c1C#N. The number of aromatic nitrogens is 1. The van der Waals surface area contributed by atoms with E-state index in [-0.39, 0.29) is 5.82 Å². The molecule has 0 radical (unpaired) electrons. The lowest BCUT2D eigenvalue weighted by molar-refractivity contribution is 0.282. The second kappa shape index (κ2) is 8.39. The third-order valence-electron chi connectivity index (χ3n) is 4.12. The maximum absolute atomic E-state index is 9.61. The molecule has 2 N–H and O–H groups in total. The van der Waals surface area contributed by atoms with Gasteiger partial charge in [0.25, 0.3) is 0 Å². The third-order valence-corrected chi connectivity index (χ3v) is 4.12. The zero-order valence-corrected chi connectivity index (χ0v) is 15.5. The van der Waals surface area contributed by atoms with Crippen molar-refractivity contribution >= 4 is 5.82 Å². The number of nitrogens with two attached hydrogens (primary N) is 1. The molecule has 0 aliphatic carbocycles. The number of pyridine rings is 1. The molecule has 27 heavy (non-hydrogen) atoms. The summed E-state index contributed by atoms with van der Waals surface area (Å²) in [5, 5.41) is 9.61. The number of hydrogen-bond acceptors (Lipinski definition) is 6. The summed E-state index contributed by atoms with van der Waals surface area (Å²) in [6.45, 7) is 1.53. The van der Waals surface area contributed by atoms with E-state index < -0.39 is 0 Å². The number of nitrogen functional groups attached to an aromatic ring is 1. The van der Waals surface area contributed by atoms with E-state index in [1.807, 2.05) is 44.4 Å². The number of para-hydroxylation sites is 1. The van der Waals surface area contributed by atoms with Crippen molar-refractivity contribution in [3.05, 3.63) is 54.3 Å². The van der Waals surface area contributed by atoms with E-state index in [1.54, 1.807) is 18.4 Å². The third kappa shape index (κ3) is 4.27. The van der Waals surface area contributed by atoms with Crippen molar-refractivity contribution < 1.29 is 9.15 Å². The summed E-state index contributed by atoms with van der Waals surface area (Å²) >= 11 is 0. The maximum atomic E-state index is 9.61. The Kier molecular flexibility index (Phi) is 5.74. The van der Waals surface area contributed by atoms with Gasteiger partial charge in [0.1, 0.15) is 28.9 Å². The van der Waals surface area contributed by atoms with Crippen LogP contribution in [-0.2, 0) is 0 Å². The standard InChI is InChI=1S/C21H22N4O2/c1-25(2)10-6-12-26-19-8-4-3-7-15(19)16-13-18(20-9-5-11-27-20)24-21(23)17(16)14-22/h3-5,7-9,11,13H,6,10,12H2,1-2H3,(H2,23,24). The highest BCUT2D eigenvalue weighted by molar-refractivity contribution is 5.82. The number of nitriles is 1. The molecule has 0 atom stereocenters. The van der Waals surface area contributed by atoms with Gasteiger partial charge in [0.05, 0.1) is 12.9 Å². The second-order valence-corrected chi connectivity index (χ2v) is 6.41. The quantitative estimate of drug-likeness (QED) is 0.643. The van der Waals surface area contributed by atoms with Gasteiger partial charge in [-0.15, -0.1) is 0 Å². The summed E-state index contributed by atoms with van der Waals surface area (Å²) in [7, 11) is 4.06. The maximum Gasteiger partial charge on any atom is 0.152 e. The molecule has 0 amide bonds. The van der Waals surface area contributed by atoms with Crippen LogP contribution in [0.25, 0.3) is 22.6 Å². The minimum Gasteiger partial charge on any atom is -0.493 e. The van der Waals surface area contributed by atoms with Crippen molar-refractivity contribution in [3.8, 4) is 34.4 Å². The van der Waals surface area contributed by atoms with Crippen LogP contribution in [0.2, 0.25) is 0 Å². The molecule has 138 valence electrons. The molecule has 3 rings (SSSR count). The van der Waals surface area contributed by atoms with E-state index in [1.165, 1.54) is 0 Å². The summed E-state index contributed by atoms with van der Waals surface area (Å²) in [4.78, 5) is 6.43. The van der Waals surface area contributed by atoms with E-state index in [0.29, 0.717) is 34.9 Å². The van der Waals surface area contributed by atoms with Crippen molar-refractivity contribution in [2.75, 3.05) is 33.0 Å². The molecule has 0 unspecified atom stereocenters. The van der Waals surface area contributed by atoms with Gasteiger partial charge in [-0.2, -0.15) is 5.26 Å². The lowest BCUT2D eigenvalue weighted by Gasteiger charge is -2.15. The Labute approximate surface area is 158 Å². The number of rotatable bonds is 7. The molecular formula is C21H22N4O2. The van der Waals surface area contributed by atoms with Crippen LogP contribution in [0.1, 0.15) is 12.0 Å². The molecule has 2 heterocycles. The van der Waals surface area contributed by atoms with Crippen molar-refractivity contribution in [3.63, 3.8) is 0 Å². The van der Waals surface area contributed by atoms with Gasteiger partial charge >= 0.3 is 0 Å². The molecule has 0 fully saturated rings. The molecule has 3 aromatic rings. The van der Waals surface area contributed by atoms with Crippen molar-refractivity contribution in [1.82, 2.24) is 9.88 Å². The lowest BCUT2D eigenvalue weighted by atomic mass is 9.99. The Morgan fingerprint density at radius 2 is 2.00 bits per heavy atom. The van der Waals surface area contributed by atoms with Gasteiger partial charge < -0.3 is 19.8 Å². The Morgan fingerprint density at radius 1 is 1.19 bits per heavy atom. The normalized spacial score (nSPS) is 10.7. The van der Waals surface area contributed by atoms with Crippen molar-refractivity contribution in [2.45, 2.75) is 6.42 Å². The van der Waals surface area contributed by atoms with Crippen molar-refractivity contribution in [1.29, 1.82) is 5.26 Å². The smallest absolute Gasteiger partial charge is 0.152 e. The average molecular weight is 362 g/mol. The first-order valence-corrected chi connectivity index (χ1v) is 8.71. The van der Waals surface area contributed by atoms with Gasteiger partial charge in [0.2, 0.25) is 0 Å². The van der Waals surface area contributed by atoms with Crippen LogP contribution in [0, 0.1) is 11.3 Å². The van der Waals surface area contributed by atoms with Gasteiger partial charge in [0.15, 0.2) is 5.76 Å². The van der Waals surface area contributed by atoms with E-state index in [9.17, 15) is 5.26 Å². The molecule has 1 aromatic carbocycles. The molecule has 0 saturated carbocycles. The van der Waals surface area contributed by atoms with Crippen LogP contribution in [0.4, 0.5) is 5.82 Å². The van der Waals surface area contributed by atoms with Crippen LogP contribution in [0.15, 0.2) is 53.1 Å². The summed E-state index contributed by atoms with van der Waals surface area (Å²) in [5.74, 6) is 1.48. The van der Waals surface area contributed by atoms with Crippen LogP contribution in [0.5, 0.6) is 5.75 Å². The van der Waals surface area contributed by atoms with E-state index in [4.69, 9.17) is 14.9 Å². The van der Waals surface area contributed by atoms with Crippen LogP contribution in [-0.4, -0.2) is 37.1 Å². The molecule has 0 saturated heterocycles. The Balaban J connectivity index is 1.99. The molecule has 2 aromatic heterocycles. The zero-order chi connectivity index (χ0) is 19.2. The van der Waals surface area contributed by atoms with Gasteiger partial charge in [-0.25, -0.2) is 4.98 Å². The zero-order valence-electron chi connectivity index (χ0n) is 15.5. The topological polar surface area (TPSA) is 88.3 Å². The van der Waals surface area contributed by atoms with Gasteiger partial charge in [-0.3, -0.25) is 0 Å². The number of anilines is 1. The minimum atomic E-state index is 0.170. The van der Waals surface area contributed by atoms with Crippen LogP contribution < -0.4 is 10.5 Å². The summed E-state index contributed by atoms with van der Waals surface area (Å²) < 4.78 is 11.4. The van der Waals surface area contributed by atoms with E-state index >= 15 is 0 Å². The largest absolute Gasteiger partial charge is 0.493 e. The molecule has 0 aliphatic heterocycles. The first-order chi connectivity index (χ1) is 13.1. The average Bonchev–Trinajstić information content (AvgIpc) is 3.19. The fourth-order valence-electron chi connectivity index (χ4n) is 2.82. The Hall–Kier alpha value is -3.30. The van der Waals surface area contributed by atoms with Crippen LogP contribution in [0.3, 0.4) is 0 Å². The molecule has 0 bridgehead atoms. The van der Waals surface area contributed by atoms with Gasteiger partial charge in [-0.05, 0) is 44.8 Å². The first-order valence-electron chi connectivity index (χ1n) is 8.71. The van der Waals surface area contributed by atoms with Gasteiger partial charge in [0, 0.05) is 17.7 Å². The Morgan fingerprint density at radius 3 is 2.70 bits per heavy atom. The van der Waals surface area contributed by atoms with Crippen molar-refractivity contribution in [2.24, 2.45) is 0 Å². The molecule has 6 nitrogen and oxygen atoms in total. The highest BCUT2D eigenvalue weighted by Crippen LogP contribution is 2.36. The molecule has 0 spiro atoms. The second-order valence-electron chi connectivity index (χ2n) is 6.41. The summed E-state index contributed by atoms with van der Waals surface area (Å²) in [6.07, 6.45) is 2.48. The molecular weight excluding hydrogens is 340 g/mol. The number of benzene rings is 1. The number of hydrogen-bond donors (Lipinski definition) is 1. The number of ether oxygens (including phenoxy) is 1. The molecule has 0 aliphatic rings. The van der Waals surface area contributed by atoms with Gasteiger partial charge in [-0.1, -0.05) is 18.2 Å². The summed E-state index contributed by atoms with van der Waals surface area (Å²) in [6, 6.07) is 15.2. The van der Waals surface area contributed by atoms with E-state index in [2.05, 4.69) is 16.0 Å². The highest BCUT2D eigenvalue weighted by atomic mass is 16.5. The van der Waals surface area contributed by atoms with Crippen LogP contribution >= 0.6 is 0 Å². The first kappa shape index (κ1) is 18.5. The highest BCUT2D eigenvalue weighted by Gasteiger charge is 2.17. The predicted octanol–water partition coefficient (Wildman–Crippen LogP) is 3.79. The fraction of sp³-hybridized carbons (Fsp3) is 0.238. The number of furan rings is 1.